The SMILES string of the molecule is C[C@H](CCc1ccccc1)N1C(=O)[C@@H]2[C@H](C(=O)Nc3ccc(Cl)cc3)[C@@H]3C=C[C@@]2(O3)[C@H]1C(=O)NC1CCCCC1. The van der Waals surface area contributed by atoms with Gasteiger partial charge >= 0.3 is 0 Å². The summed E-state index contributed by atoms with van der Waals surface area (Å²) in [6.07, 6.45) is 9.89. The van der Waals surface area contributed by atoms with Gasteiger partial charge in [0.25, 0.3) is 0 Å². The van der Waals surface area contributed by atoms with Crippen molar-refractivity contribution >= 4 is 35.0 Å². The number of carbonyl (C=O) groups excluding carboxylic acids is 3. The lowest BCUT2D eigenvalue weighted by Crippen LogP contribution is -2.58. The minimum atomic E-state index is -1.16. The van der Waals surface area contributed by atoms with Crippen LogP contribution in [0.3, 0.4) is 0 Å². The lowest BCUT2D eigenvalue weighted by atomic mass is 9.74. The summed E-state index contributed by atoms with van der Waals surface area (Å²) >= 11 is 6.01. The minimum absolute atomic E-state index is 0.0971. The number of amides is 3. The van der Waals surface area contributed by atoms with E-state index >= 15 is 0 Å². The predicted molar refractivity (Wildman–Crippen MR) is 154 cm³/mol. The van der Waals surface area contributed by atoms with Crippen LogP contribution in [0.15, 0.2) is 66.7 Å². The minimum Gasteiger partial charge on any atom is -0.359 e. The maximum atomic E-state index is 14.3. The summed E-state index contributed by atoms with van der Waals surface area (Å²) in [6.45, 7) is 2.00. The number of hydrogen-bond acceptors (Lipinski definition) is 4. The van der Waals surface area contributed by atoms with Crippen molar-refractivity contribution in [2.45, 2.75) is 81.7 Å². The van der Waals surface area contributed by atoms with Gasteiger partial charge in [0.2, 0.25) is 17.7 Å². The smallest absolute Gasteiger partial charge is 0.246 e. The number of hydrogen-bond donors (Lipinski definition) is 2. The Hall–Kier alpha value is -3.16. The third-order valence-corrected chi connectivity index (χ3v) is 9.35. The third kappa shape index (κ3) is 4.83. The van der Waals surface area contributed by atoms with Crippen LogP contribution >= 0.6 is 11.6 Å². The molecule has 1 aliphatic carbocycles. The van der Waals surface area contributed by atoms with Crippen molar-refractivity contribution in [1.29, 1.82) is 0 Å². The van der Waals surface area contributed by atoms with E-state index in [-0.39, 0.29) is 29.8 Å². The highest BCUT2D eigenvalue weighted by molar-refractivity contribution is 6.30. The molecule has 1 saturated carbocycles. The number of nitrogens with one attached hydrogen (secondary N) is 2. The standard InChI is InChI=1S/C32H36ClN3O4/c1-20(12-13-21-8-4-2-5-9-21)36-28(30(38)35-23-10-6-3-7-11-23)32-19-18-25(40-32)26(27(32)31(36)39)29(37)34-24-16-14-22(33)15-17-24/h2,4-5,8-9,14-20,23,25-28H,3,6-7,10-13H2,1H3,(H,34,37)(H,35,38)/t20-,25+,26-,27+,28-,32+/m1/s1. The van der Waals surface area contributed by atoms with Crippen LogP contribution in [0.4, 0.5) is 5.69 Å². The van der Waals surface area contributed by atoms with Gasteiger partial charge in [0.15, 0.2) is 0 Å². The number of rotatable bonds is 8. The van der Waals surface area contributed by atoms with Crippen molar-refractivity contribution in [3.8, 4) is 0 Å². The van der Waals surface area contributed by atoms with Gasteiger partial charge < -0.3 is 20.3 Å². The normalized spacial score (nSPS) is 29.9. The van der Waals surface area contributed by atoms with E-state index < -0.39 is 29.6 Å². The van der Waals surface area contributed by atoms with Gasteiger partial charge in [0.1, 0.15) is 11.6 Å². The molecule has 7 nitrogen and oxygen atoms in total. The molecule has 2 saturated heterocycles. The van der Waals surface area contributed by atoms with Crippen molar-refractivity contribution in [1.82, 2.24) is 10.2 Å². The molecule has 3 heterocycles. The van der Waals surface area contributed by atoms with Gasteiger partial charge in [0, 0.05) is 22.8 Å². The molecule has 2 aromatic rings. The molecule has 6 atom stereocenters. The molecule has 0 aromatic heterocycles. The zero-order valence-electron chi connectivity index (χ0n) is 22.7. The first-order valence-corrected chi connectivity index (χ1v) is 14.9. The second kappa shape index (κ2) is 11.0. The summed E-state index contributed by atoms with van der Waals surface area (Å²) in [5, 5.41) is 6.77. The Bertz CT molecular complexity index is 1290. The van der Waals surface area contributed by atoms with Crippen LogP contribution in [0, 0.1) is 11.8 Å². The molecule has 0 unspecified atom stereocenters. The number of fused-ring (bicyclic) bond motifs is 1. The first-order chi connectivity index (χ1) is 19.4. The molecule has 6 rings (SSSR count). The van der Waals surface area contributed by atoms with Crippen molar-refractivity contribution in [3.05, 3.63) is 77.3 Å². The Morgan fingerprint density at radius 1 is 1.05 bits per heavy atom. The topological polar surface area (TPSA) is 87.7 Å². The Balaban J connectivity index is 1.29. The Kier molecular flexibility index (Phi) is 7.44. The molecular formula is C32H36ClN3O4. The highest BCUT2D eigenvalue weighted by atomic mass is 35.5. The van der Waals surface area contributed by atoms with Crippen LogP contribution in [0.1, 0.15) is 51.0 Å². The first kappa shape index (κ1) is 27.0. The summed E-state index contributed by atoms with van der Waals surface area (Å²) in [6, 6.07) is 16.1. The van der Waals surface area contributed by atoms with Gasteiger partial charge in [-0.1, -0.05) is 73.3 Å². The predicted octanol–water partition coefficient (Wildman–Crippen LogP) is 4.90. The van der Waals surface area contributed by atoms with Gasteiger partial charge in [-0.2, -0.15) is 0 Å². The lowest BCUT2D eigenvalue weighted by molar-refractivity contribution is -0.143. The number of aryl methyl sites for hydroxylation is 1. The van der Waals surface area contributed by atoms with Gasteiger partial charge in [-0.05, 0) is 62.4 Å². The van der Waals surface area contributed by atoms with Gasteiger partial charge in [-0.3, -0.25) is 14.4 Å². The molecule has 3 fully saturated rings. The van der Waals surface area contributed by atoms with E-state index in [1.807, 2.05) is 37.3 Å². The quantitative estimate of drug-likeness (QED) is 0.449. The zero-order chi connectivity index (χ0) is 27.9. The largest absolute Gasteiger partial charge is 0.359 e. The Labute approximate surface area is 240 Å². The average molecular weight is 562 g/mol. The van der Waals surface area contributed by atoms with E-state index in [9.17, 15) is 14.4 Å². The molecule has 3 aliphatic heterocycles. The molecular weight excluding hydrogens is 526 g/mol. The number of carbonyl (C=O) groups is 3. The molecule has 40 heavy (non-hydrogen) atoms. The molecule has 2 bridgehead atoms. The number of likely N-dealkylation sites (tertiary alicyclic amines) is 1. The van der Waals surface area contributed by atoms with Crippen molar-refractivity contribution < 1.29 is 19.1 Å². The van der Waals surface area contributed by atoms with Crippen molar-refractivity contribution in [3.63, 3.8) is 0 Å². The van der Waals surface area contributed by atoms with Gasteiger partial charge in [-0.25, -0.2) is 0 Å². The van der Waals surface area contributed by atoms with Crippen LogP contribution in [0.25, 0.3) is 0 Å². The number of nitrogens with zero attached hydrogens (tertiary/aromatic N) is 1. The Morgan fingerprint density at radius 3 is 2.50 bits per heavy atom. The summed E-state index contributed by atoms with van der Waals surface area (Å²) in [5.74, 6) is -2.16. The molecule has 2 aromatic carbocycles. The fourth-order valence-corrected chi connectivity index (χ4v) is 7.25. The van der Waals surface area contributed by atoms with E-state index in [4.69, 9.17) is 16.3 Å². The number of ether oxygens (including phenoxy) is 1. The van der Waals surface area contributed by atoms with Crippen molar-refractivity contribution in [2.24, 2.45) is 11.8 Å². The van der Waals surface area contributed by atoms with E-state index in [0.29, 0.717) is 17.1 Å². The van der Waals surface area contributed by atoms with Gasteiger partial charge in [0.05, 0.1) is 17.9 Å². The molecule has 1 spiro atoms. The molecule has 4 aliphatic rings. The lowest BCUT2D eigenvalue weighted by Gasteiger charge is -2.36. The molecule has 8 heteroatoms. The number of anilines is 1. The molecule has 0 radical (unpaired) electrons. The van der Waals surface area contributed by atoms with Crippen LogP contribution in [0.2, 0.25) is 5.02 Å². The van der Waals surface area contributed by atoms with E-state index in [1.54, 1.807) is 29.2 Å². The fourth-order valence-electron chi connectivity index (χ4n) is 7.13. The zero-order valence-corrected chi connectivity index (χ0v) is 23.5. The van der Waals surface area contributed by atoms with E-state index in [2.05, 4.69) is 22.8 Å². The summed E-state index contributed by atoms with van der Waals surface area (Å²) in [5.41, 5.74) is 0.615. The van der Waals surface area contributed by atoms with Gasteiger partial charge in [-0.15, -0.1) is 0 Å². The summed E-state index contributed by atoms with van der Waals surface area (Å²) in [7, 11) is 0. The highest BCUT2D eigenvalue weighted by Gasteiger charge is 2.73. The number of benzene rings is 2. The average Bonchev–Trinajstić information content (AvgIpc) is 3.61. The maximum absolute atomic E-state index is 14.3. The van der Waals surface area contributed by atoms with Crippen molar-refractivity contribution in [2.75, 3.05) is 5.32 Å². The van der Waals surface area contributed by atoms with E-state index in [0.717, 1.165) is 32.1 Å². The van der Waals surface area contributed by atoms with Crippen LogP contribution in [-0.4, -0.2) is 52.5 Å². The van der Waals surface area contributed by atoms with Crippen LogP contribution < -0.4 is 10.6 Å². The summed E-state index contributed by atoms with van der Waals surface area (Å²) in [4.78, 5) is 43.7. The van der Waals surface area contributed by atoms with E-state index in [1.165, 1.54) is 12.0 Å². The maximum Gasteiger partial charge on any atom is 0.246 e. The van der Waals surface area contributed by atoms with Crippen LogP contribution in [0.5, 0.6) is 0 Å². The molecule has 210 valence electrons. The number of halogens is 1. The monoisotopic (exact) mass is 561 g/mol. The third-order valence-electron chi connectivity index (χ3n) is 9.09. The highest BCUT2D eigenvalue weighted by Crippen LogP contribution is 2.56. The Morgan fingerprint density at radius 2 is 1.77 bits per heavy atom. The fraction of sp³-hybridized carbons (Fsp3) is 0.469. The second-order valence-electron chi connectivity index (χ2n) is 11.7. The molecule has 3 amide bonds. The second-order valence-corrected chi connectivity index (χ2v) is 12.1. The molecule has 2 N–H and O–H groups in total. The summed E-state index contributed by atoms with van der Waals surface area (Å²) < 4.78 is 6.49. The van der Waals surface area contributed by atoms with Crippen LogP contribution in [-0.2, 0) is 25.5 Å². The first-order valence-electron chi connectivity index (χ1n) is 14.5.